The average molecular weight is 265 g/mol. The Hall–Kier alpha value is -0.970. The minimum atomic E-state index is -3.46. The number of methoxy groups -OCH3 is 1. The van der Waals surface area contributed by atoms with Gasteiger partial charge in [-0.1, -0.05) is 6.07 Å². The largest absolute Gasteiger partial charge is 0.496 e. The molecule has 0 aromatic heterocycles. The molecule has 0 unspecified atom stereocenters. The number of alkyl halides is 2. The lowest BCUT2D eigenvalue weighted by Gasteiger charge is -2.11. The average Bonchev–Trinajstić information content (AvgIpc) is 2.18. The number of benzene rings is 1. The van der Waals surface area contributed by atoms with Crippen molar-refractivity contribution < 1.29 is 18.3 Å². The normalized spacial score (nSPS) is 11.1. The molecule has 0 amide bonds. The number of ether oxygens (including phenoxy) is 1. The van der Waals surface area contributed by atoms with E-state index < -0.39 is 12.2 Å². The lowest BCUT2D eigenvalue weighted by Crippen LogP contribution is -2.14. The van der Waals surface area contributed by atoms with Crippen LogP contribution in [0.25, 0.3) is 0 Å². The van der Waals surface area contributed by atoms with Crippen LogP contribution in [0.15, 0.2) is 22.7 Å². The molecule has 1 rings (SSSR count). The van der Waals surface area contributed by atoms with Crippen molar-refractivity contribution in [3.63, 3.8) is 0 Å². The van der Waals surface area contributed by atoms with Crippen molar-refractivity contribution in [1.82, 2.24) is 0 Å². The van der Waals surface area contributed by atoms with Gasteiger partial charge in [-0.2, -0.15) is 8.78 Å². The van der Waals surface area contributed by atoms with Crippen LogP contribution >= 0.6 is 15.9 Å². The summed E-state index contributed by atoms with van der Waals surface area (Å²) in [5.41, 5.74) is -0.382. The van der Waals surface area contributed by atoms with E-state index in [1.807, 2.05) is 0 Å². The highest BCUT2D eigenvalue weighted by atomic mass is 79.9. The highest BCUT2D eigenvalue weighted by Crippen LogP contribution is 2.32. The van der Waals surface area contributed by atoms with E-state index in [0.717, 1.165) is 6.07 Å². The maximum absolute atomic E-state index is 12.9. The summed E-state index contributed by atoms with van der Waals surface area (Å²) in [6, 6.07) is 3.70. The van der Waals surface area contributed by atoms with E-state index in [2.05, 4.69) is 15.9 Å². The lowest BCUT2D eigenvalue weighted by atomic mass is 10.1. The molecular formula is C9H7BrF2O2. The Bertz CT molecular complexity index is 353. The van der Waals surface area contributed by atoms with E-state index in [0.29, 0.717) is 4.47 Å². The number of halogens is 3. The van der Waals surface area contributed by atoms with E-state index in [-0.39, 0.29) is 11.3 Å². The van der Waals surface area contributed by atoms with Crippen molar-refractivity contribution in [3.05, 3.63) is 28.2 Å². The van der Waals surface area contributed by atoms with Crippen molar-refractivity contribution in [2.45, 2.75) is 5.92 Å². The summed E-state index contributed by atoms with van der Waals surface area (Å²) in [6.07, 6.45) is -0.393. The molecule has 5 heteroatoms. The minimum absolute atomic E-state index is 0.268. The van der Waals surface area contributed by atoms with Crippen molar-refractivity contribution in [2.24, 2.45) is 0 Å². The van der Waals surface area contributed by atoms with E-state index in [4.69, 9.17) is 4.74 Å². The van der Waals surface area contributed by atoms with Gasteiger partial charge >= 0.3 is 5.92 Å². The lowest BCUT2D eigenvalue weighted by molar-refractivity contribution is -0.130. The Labute approximate surface area is 88.0 Å². The predicted molar refractivity (Wildman–Crippen MR) is 50.7 cm³/mol. The Morgan fingerprint density at radius 3 is 2.64 bits per heavy atom. The van der Waals surface area contributed by atoms with Crippen molar-refractivity contribution in [1.29, 1.82) is 0 Å². The van der Waals surface area contributed by atoms with E-state index >= 15 is 0 Å². The van der Waals surface area contributed by atoms with Gasteiger partial charge < -0.3 is 4.74 Å². The summed E-state index contributed by atoms with van der Waals surface area (Å²) in [5, 5.41) is 0. The zero-order valence-electron chi connectivity index (χ0n) is 7.26. The van der Waals surface area contributed by atoms with Crippen LogP contribution in [0.5, 0.6) is 5.75 Å². The third-order valence-electron chi connectivity index (χ3n) is 1.68. The standard InChI is InChI=1S/C9H7BrF2O2/c1-14-8-4-6(2-3-7(8)10)9(11,12)5-13/h2-5H,1H3. The van der Waals surface area contributed by atoms with Crippen LogP contribution in [-0.4, -0.2) is 13.4 Å². The van der Waals surface area contributed by atoms with Gasteiger partial charge in [0, 0.05) is 5.56 Å². The van der Waals surface area contributed by atoms with Gasteiger partial charge in [0.2, 0.25) is 0 Å². The number of carbonyl (C=O) groups is 1. The summed E-state index contributed by atoms with van der Waals surface area (Å²) >= 11 is 3.12. The van der Waals surface area contributed by atoms with Crippen LogP contribution in [0.4, 0.5) is 8.78 Å². The second-order valence-electron chi connectivity index (χ2n) is 2.59. The highest BCUT2D eigenvalue weighted by Gasteiger charge is 2.31. The van der Waals surface area contributed by atoms with Gasteiger partial charge in [-0.25, -0.2) is 0 Å². The molecule has 0 aliphatic rings. The number of hydrogen-bond acceptors (Lipinski definition) is 2. The van der Waals surface area contributed by atoms with Gasteiger partial charge in [-0.05, 0) is 28.1 Å². The maximum Gasteiger partial charge on any atom is 0.327 e. The molecule has 0 radical (unpaired) electrons. The van der Waals surface area contributed by atoms with Crippen LogP contribution in [0.3, 0.4) is 0 Å². The van der Waals surface area contributed by atoms with Gasteiger partial charge in [0.15, 0.2) is 6.29 Å². The Kier molecular flexibility index (Phi) is 3.21. The fraction of sp³-hybridized carbons (Fsp3) is 0.222. The quantitative estimate of drug-likeness (QED) is 0.785. The third kappa shape index (κ3) is 2.09. The van der Waals surface area contributed by atoms with Crippen LogP contribution in [-0.2, 0) is 10.7 Å². The molecule has 0 saturated heterocycles. The molecule has 0 aliphatic heterocycles. The molecule has 2 nitrogen and oxygen atoms in total. The second-order valence-corrected chi connectivity index (χ2v) is 3.44. The molecule has 0 aliphatic carbocycles. The van der Waals surface area contributed by atoms with E-state index in [9.17, 15) is 13.6 Å². The van der Waals surface area contributed by atoms with Gasteiger partial charge in [0.05, 0.1) is 11.6 Å². The van der Waals surface area contributed by atoms with Crippen molar-refractivity contribution in [2.75, 3.05) is 7.11 Å². The SMILES string of the molecule is COc1cc(C(F)(F)C=O)ccc1Br. The Morgan fingerprint density at radius 1 is 1.50 bits per heavy atom. The molecule has 0 heterocycles. The van der Waals surface area contributed by atoms with Gasteiger partial charge in [0.25, 0.3) is 0 Å². The summed E-state index contributed by atoms with van der Waals surface area (Å²) in [5.74, 6) is -3.20. The topological polar surface area (TPSA) is 26.3 Å². The number of hydrogen-bond donors (Lipinski definition) is 0. The molecule has 0 spiro atoms. The minimum Gasteiger partial charge on any atom is -0.496 e. The van der Waals surface area contributed by atoms with Crippen molar-refractivity contribution in [3.8, 4) is 5.75 Å². The van der Waals surface area contributed by atoms with E-state index in [1.54, 1.807) is 0 Å². The predicted octanol–water partition coefficient (Wildman–Crippen LogP) is 2.75. The molecule has 0 atom stereocenters. The molecule has 0 bridgehead atoms. The fourth-order valence-corrected chi connectivity index (χ4v) is 1.34. The first kappa shape index (κ1) is 11.1. The third-order valence-corrected chi connectivity index (χ3v) is 2.34. The summed E-state index contributed by atoms with van der Waals surface area (Å²) in [7, 11) is 1.36. The zero-order valence-corrected chi connectivity index (χ0v) is 8.85. The maximum atomic E-state index is 12.9. The first-order valence-electron chi connectivity index (χ1n) is 3.69. The number of aldehydes is 1. The fourth-order valence-electron chi connectivity index (χ4n) is 0.935. The zero-order chi connectivity index (χ0) is 10.8. The van der Waals surface area contributed by atoms with E-state index in [1.165, 1.54) is 19.2 Å². The summed E-state index contributed by atoms with van der Waals surface area (Å²) in [4.78, 5) is 10.1. The molecule has 76 valence electrons. The van der Waals surface area contributed by atoms with Crippen molar-refractivity contribution >= 4 is 22.2 Å². The first-order chi connectivity index (χ1) is 6.51. The van der Waals surface area contributed by atoms with Gasteiger partial charge in [-0.3, -0.25) is 4.79 Å². The van der Waals surface area contributed by atoms with Crippen LogP contribution < -0.4 is 4.74 Å². The molecular weight excluding hydrogens is 258 g/mol. The van der Waals surface area contributed by atoms with Crippen LogP contribution in [0.2, 0.25) is 0 Å². The van der Waals surface area contributed by atoms with Crippen LogP contribution in [0, 0.1) is 0 Å². The molecule has 14 heavy (non-hydrogen) atoms. The smallest absolute Gasteiger partial charge is 0.327 e. The molecule has 0 fully saturated rings. The number of carbonyl (C=O) groups excluding carboxylic acids is 1. The number of rotatable bonds is 3. The second kappa shape index (κ2) is 4.04. The summed E-state index contributed by atoms with van der Waals surface area (Å²) < 4.78 is 31.2. The van der Waals surface area contributed by atoms with Gasteiger partial charge in [-0.15, -0.1) is 0 Å². The molecule has 1 aromatic carbocycles. The molecule has 0 saturated carbocycles. The van der Waals surface area contributed by atoms with Gasteiger partial charge in [0.1, 0.15) is 5.75 Å². The first-order valence-corrected chi connectivity index (χ1v) is 4.48. The molecule has 1 aromatic rings. The Balaban J connectivity index is 3.19. The van der Waals surface area contributed by atoms with Crippen LogP contribution in [0.1, 0.15) is 5.56 Å². The highest BCUT2D eigenvalue weighted by molar-refractivity contribution is 9.10. The Morgan fingerprint density at radius 2 is 2.14 bits per heavy atom. The summed E-state index contributed by atoms with van der Waals surface area (Å²) in [6.45, 7) is 0. The molecule has 0 N–H and O–H groups in total. The monoisotopic (exact) mass is 264 g/mol.